The summed E-state index contributed by atoms with van der Waals surface area (Å²) >= 11 is 3.65. The molecule has 0 unspecified atom stereocenters. The van der Waals surface area contributed by atoms with Gasteiger partial charge in [-0.25, -0.2) is 0 Å². The Bertz CT molecular complexity index is 1870. The van der Waals surface area contributed by atoms with Crippen LogP contribution in [0.2, 0.25) is 0 Å². The Morgan fingerprint density at radius 2 is 1.02 bits per heavy atom. The van der Waals surface area contributed by atoms with Gasteiger partial charge in [0, 0.05) is 26.9 Å². The molecule has 6 aromatic rings. The molecule has 0 atom stereocenters. The molecule has 0 saturated heterocycles. The van der Waals surface area contributed by atoms with Crippen LogP contribution in [0.15, 0.2) is 150 Å². The zero-order valence-electron chi connectivity index (χ0n) is 23.2. The normalized spacial score (nSPS) is 13.0. The Morgan fingerprint density at radius 3 is 1.80 bits per heavy atom. The Labute approximate surface area is 250 Å². The number of anilines is 3. The van der Waals surface area contributed by atoms with Crippen molar-refractivity contribution in [2.75, 3.05) is 4.90 Å². The van der Waals surface area contributed by atoms with Gasteiger partial charge in [0.2, 0.25) is 0 Å². The number of benzene rings is 6. The second-order valence-corrected chi connectivity index (χ2v) is 12.1. The van der Waals surface area contributed by atoms with Gasteiger partial charge in [0.1, 0.15) is 0 Å². The quantitative estimate of drug-likeness (QED) is 0.193. The van der Waals surface area contributed by atoms with Crippen molar-refractivity contribution in [3.8, 4) is 33.4 Å². The topological polar surface area (TPSA) is 3.24 Å². The molecule has 1 aliphatic rings. The smallest absolute Gasteiger partial charge is 0.0467 e. The van der Waals surface area contributed by atoms with E-state index in [1.165, 1.54) is 44.5 Å². The lowest BCUT2D eigenvalue weighted by Crippen LogP contribution is -2.16. The van der Waals surface area contributed by atoms with Crippen molar-refractivity contribution in [1.29, 1.82) is 0 Å². The summed E-state index contributed by atoms with van der Waals surface area (Å²) in [7, 11) is 0. The van der Waals surface area contributed by atoms with Crippen LogP contribution in [0.5, 0.6) is 0 Å². The highest BCUT2D eigenvalue weighted by Gasteiger charge is 2.35. The third-order valence-corrected chi connectivity index (χ3v) is 8.81. The molecule has 6 aromatic carbocycles. The van der Waals surface area contributed by atoms with Gasteiger partial charge in [-0.1, -0.05) is 127 Å². The molecule has 0 fully saturated rings. The molecule has 0 saturated carbocycles. The van der Waals surface area contributed by atoms with Crippen molar-refractivity contribution in [2.24, 2.45) is 0 Å². The lowest BCUT2D eigenvalue weighted by molar-refractivity contribution is 0.660. The van der Waals surface area contributed by atoms with Gasteiger partial charge < -0.3 is 4.90 Å². The van der Waals surface area contributed by atoms with Crippen LogP contribution >= 0.6 is 15.9 Å². The van der Waals surface area contributed by atoms with E-state index in [0.29, 0.717) is 0 Å². The summed E-state index contributed by atoms with van der Waals surface area (Å²) in [6.07, 6.45) is 0. The number of hydrogen-bond donors (Lipinski definition) is 0. The van der Waals surface area contributed by atoms with E-state index in [9.17, 15) is 0 Å². The minimum absolute atomic E-state index is 0.0665. The molecule has 0 aromatic heterocycles. The Kier molecular flexibility index (Phi) is 6.37. The maximum absolute atomic E-state index is 3.65. The first-order valence-corrected chi connectivity index (χ1v) is 14.8. The highest BCUT2D eigenvalue weighted by atomic mass is 79.9. The molecular formula is C39H30BrN. The Balaban J connectivity index is 1.37. The van der Waals surface area contributed by atoms with Crippen LogP contribution in [0.3, 0.4) is 0 Å². The van der Waals surface area contributed by atoms with Gasteiger partial charge in [-0.15, -0.1) is 0 Å². The van der Waals surface area contributed by atoms with Gasteiger partial charge >= 0.3 is 0 Å². The van der Waals surface area contributed by atoms with Crippen molar-refractivity contribution in [3.63, 3.8) is 0 Å². The highest BCUT2D eigenvalue weighted by molar-refractivity contribution is 9.10. The fourth-order valence-corrected chi connectivity index (χ4v) is 6.60. The van der Waals surface area contributed by atoms with E-state index in [0.717, 1.165) is 21.5 Å². The summed E-state index contributed by atoms with van der Waals surface area (Å²) in [6, 6.07) is 52.6. The highest BCUT2D eigenvalue weighted by Crippen LogP contribution is 2.50. The second-order valence-electron chi connectivity index (χ2n) is 11.2. The SMILES string of the molecule is CC1(C)c2ccccc2-c2ccc(N(c3ccc(-c4ccccc4)cc3)c3cccc(-c4cccc(Br)c4)c3)cc21. The third kappa shape index (κ3) is 4.59. The summed E-state index contributed by atoms with van der Waals surface area (Å²) < 4.78 is 1.08. The summed E-state index contributed by atoms with van der Waals surface area (Å²) in [5.41, 5.74) is 13.6. The van der Waals surface area contributed by atoms with Crippen LogP contribution in [-0.2, 0) is 5.41 Å². The summed E-state index contributed by atoms with van der Waals surface area (Å²) in [5.74, 6) is 0. The van der Waals surface area contributed by atoms with Crippen LogP contribution in [0.25, 0.3) is 33.4 Å². The molecule has 2 heteroatoms. The lowest BCUT2D eigenvalue weighted by atomic mass is 9.82. The molecule has 1 aliphatic carbocycles. The van der Waals surface area contributed by atoms with Gasteiger partial charge in [-0.2, -0.15) is 0 Å². The number of hydrogen-bond acceptors (Lipinski definition) is 1. The van der Waals surface area contributed by atoms with Crippen LogP contribution in [0, 0.1) is 0 Å². The molecule has 1 nitrogen and oxygen atoms in total. The predicted molar refractivity (Wildman–Crippen MR) is 177 cm³/mol. The molecule has 0 spiro atoms. The molecule has 0 N–H and O–H groups in total. The molecular weight excluding hydrogens is 562 g/mol. The summed E-state index contributed by atoms with van der Waals surface area (Å²) in [6.45, 7) is 4.68. The van der Waals surface area contributed by atoms with E-state index in [-0.39, 0.29) is 5.41 Å². The molecule has 0 bridgehead atoms. The minimum atomic E-state index is -0.0665. The maximum Gasteiger partial charge on any atom is 0.0467 e. The van der Waals surface area contributed by atoms with E-state index < -0.39 is 0 Å². The molecule has 0 aliphatic heterocycles. The largest absolute Gasteiger partial charge is 0.310 e. The molecule has 41 heavy (non-hydrogen) atoms. The van der Waals surface area contributed by atoms with E-state index in [2.05, 4.69) is 180 Å². The molecule has 7 rings (SSSR count). The number of rotatable bonds is 5. The monoisotopic (exact) mass is 591 g/mol. The number of nitrogens with zero attached hydrogens (tertiary/aromatic N) is 1. The summed E-state index contributed by atoms with van der Waals surface area (Å²) in [4.78, 5) is 2.38. The number of halogens is 1. The average molecular weight is 593 g/mol. The molecule has 0 amide bonds. The first-order valence-electron chi connectivity index (χ1n) is 14.0. The standard InChI is InChI=1S/C39H30BrN/c1-39(2)37-17-7-6-16-35(37)36-23-22-34(26-38(36)39)41(32-20-18-28(19-21-32)27-10-4-3-5-11-27)33-15-9-13-30(25-33)29-12-8-14-31(40)24-29/h3-26H,1-2H3. The molecule has 0 heterocycles. The maximum atomic E-state index is 3.65. The summed E-state index contributed by atoms with van der Waals surface area (Å²) in [5, 5.41) is 0. The lowest BCUT2D eigenvalue weighted by Gasteiger charge is -2.28. The van der Waals surface area contributed by atoms with Crippen molar-refractivity contribution in [2.45, 2.75) is 19.3 Å². The predicted octanol–water partition coefficient (Wildman–Crippen LogP) is 11.6. The first-order chi connectivity index (χ1) is 20.0. The van der Waals surface area contributed by atoms with E-state index in [1.807, 2.05) is 0 Å². The second kappa shape index (κ2) is 10.2. The van der Waals surface area contributed by atoms with E-state index >= 15 is 0 Å². The van der Waals surface area contributed by atoms with Crippen LogP contribution in [0.1, 0.15) is 25.0 Å². The van der Waals surface area contributed by atoms with Gasteiger partial charge in [-0.3, -0.25) is 0 Å². The van der Waals surface area contributed by atoms with Crippen molar-refractivity contribution in [3.05, 3.63) is 161 Å². The molecule has 198 valence electrons. The fourth-order valence-electron chi connectivity index (χ4n) is 6.20. The van der Waals surface area contributed by atoms with Gasteiger partial charge in [0.15, 0.2) is 0 Å². The van der Waals surface area contributed by atoms with Crippen LogP contribution in [0.4, 0.5) is 17.1 Å². The zero-order valence-corrected chi connectivity index (χ0v) is 24.8. The Hall–Kier alpha value is -4.40. The first kappa shape index (κ1) is 25.6. The van der Waals surface area contributed by atoms with Crippen LogP contribution in [-0.4, -0.2) is 0 Å². The van der Waals surface area contributed by atoms with Gasteiger partial charge in [-0.05, 0) is 93.0 Å². The number of fused-ring (bicyclic) bond motifs is 3. The third-order valence-electron chi connectivity index (χ3n) is 8.32. The van der Waals surface area contributed by atoms with Crippen molar-refractivity contribution in [1.82, 2.24) is 0 Å². The molecule has 0 radical (unpaired) electrons. The average Bonchev–Trinajstić information content (AvgIpc) is 3.24. The van der Waals surface area contributed by atoms with Gasteiger partial charge in [0.05, 0.1) is 0 Å². The fraction of sp³-hybridized carbons (Fsp3) is 0.0769. The Morgan fingerprint density at radius 1 is 0.439 bits per heavy atom. The van der Waals surface area contributed by atoms with E-state index in [4.69, 9.17) is 0 Å². The van der Waals surface area contributed by atoms with Crippen molar-refractivity contribution < 1.29 is 0 Å². The van der Waals surface area contributed by atoms with Crippen LogP contribution < -0.4 is 4.90 Å². The minimum Gasteiger partial charge on any atom is -0.310 e. The van der Waals surface area contributed by atoms with E-state index in [1.54, 1.807) is 0 Å². The van der Waals surface area contributed by atoms with Gasteiger partial charge in [0.25, 0.3) is 0 Å². The van der Waals surface area contributed by atoms with Crippen molar-refractivity contribution >= 4 is 33.0 Å². The zero-order chi connectivity index (χ0) is 28.0.